The van der Waals surface area contributed by atoms with Gasteiger partial charge in [-0.3, -0.25) is 13.9 Å². The second-order valence-corrected chi connectivity index (χ2v) is 7.09. The van der Waals surface area contributed by atoms with Crippen LogP contribution in [-0.2, 0) is 20.6 Å². The fraction of sp³-hybridized carbons (Fsp3) is 0.588. The lowest BCUT2D eigenvalue weighted by Crippen LogP contribution is -2.40. The molecule has 1 aliphatic rings. The highest BCUT2D eigenvalue weighted by Gasteiger charge is 2.24. The van der Waals surface area contributed by atoms with E-state index in [0.29, 0.717) is 30.2 Å². The van der Waals surface area contributed by atoms with Gasteiger partial charge in [-0.2, -0.15) is 4.98 Å². The van der Waals surface area contributed by atoms with E-state index in [2.05, 4.69) is 15.2 Å². The second-order valence-electron chi connectivity index (χ2n) is 7.09. The van der Waals surface area contributed by atoms with Gasteiger partial charge in [0.1, 0.15) is 0 Å². The van der Waals surface area contributed by atoms with Gasteiger partial charge in [0.15, 0.2) is 11.2 Å². The molecule has 0 aromatic carbocycles. The van der Waals surface area contributed by atoms with Gasteiger partial charge in [0.05, 0.1) is 0 Å². The fourth-order valence-corrected chi connectivity index (χ4v) is 3.25. The Balaban J connectivity index is 2.27. The maximum Gasteiger partial charge on any atom is 0.332 e. The highest BCUT2D eigenvalue weighted by atomic mass is 16.2. The Morgan fingerprint density at radius 1 is 1.31 bits per heavy atom. The SMILES string of the molecule is CC(C)=CCn1c(N2CCNCC(N)C2)nc2c1c(=O)n(C)c(=O)n2C. The van der Waals surface area contributed by atoms with Crippen LogP contribution in [0, 0.1) is 0 Å². The van der Waals surface area contributed by atoms with Crippen LogP contribution < -0.4 is 27.2 Å². The van der Waals surface area contributed by atoms with Crippen molar-refractivity contribution in [2.75, 3.05) is 31.1 Å². The Bertz CT molecular complexity index is 962. The number of fused-ring (bicyclic) bond motifs is 1. The van der Waals surface area contributed by atoms with Crippen molar-refractivity contribution in [2.45, 2.75) is 26.4 Å². The number of nitrogens with zero attached hydrogens (tertiary/aromatic N) is 5. The van der Waals surface area contributed by atoms with Crippen molar-refractivity contribution in [3.8, 4) is 0 Å². The quantitative estimate of drug-likeness (QED) is 0.690. The number of hydrogen-bond donors (Lipinski definition) is 2. The van der Waals surface area contributed by atoms with Gasteiger partial charge in [-0.05, 0) is 13.8 Å². The van der Waals surface area contributed by atoms with Crippen LogP contribution >= 0.6 is 0 Å². The lowest BCUT2D eigenvalue weighted by molar-refractivity contribution is 0.630. The van der Waals surface area contributed by atoms with Gasteiger partial charge in [0.2, 0.25) is 5.95 Å². The highest BCUT2D eigenvalue weighted by Crippen LogP contribution is 2.20. The molecule has 1 aliphatic heterocycles. The summed E-state index contributed by atoms with van der Waals surface area (Å²) in [4.78, 5) is 31.9. The molecule has 9 nitrogen and oxygen atoms in total. The molecule has 26 heavy (non-hydrogen) atoms. The lowest BCUT2D eigenvalue weighted by atomic mass is 10.3. The minimum atomic E-state index is -0.379. The predicted octanol–water partition coefficient (Wildman–Crippen LogP) is -0.863. The number of hydrogen-bond acceptors (Lipinski definition) is 6. The minimum absolute atomic E-state index is 0.0270. The first-order chi connectivity index (χ1) is 12.3. The zero-order valence-corrected chi connectivity index (χ0v) is 15.8. The van der Waals surface area contributed by atoms with Crippen LogP contribution in [0.1, 0.15) is 13.8 Å². The Morgan fingerprint density at radius 3 is 2.73 bits per heavy atom. The van der Waals surface area contributed by atoms with Crippen molar-refractivity contribution in [1.29, 1.82) is 0 Å². The van der Waals surface area contributed by atoms with Crippen molar-refractivity contribution in [3.05, 3.63) is 32.5 Å². The van der Waals surface area contributed by atoms with Gasteiger partial charge in [0, 0.05) is 52.9 Å². The van der Waals surface area contributed by atoms with Crippen molar-refractivity contribution in [1.82, 2.24) is 24.0 Å². The van der Waals surface area contributed by atoms with E-state index in [-0.39, 0.29) is 17.3 Å². The third-order valence-corrected chi connectivity index (χ3v) is 4.71. The number of aryl methyl sites for hydroxylation is 1. The largest absolute Gasteiger partial charge is 0.339 e. The summed E-state index contributed by atoms with van der Waals surface area (Å²) in [6, 6.07) is -0.0270. The average Bonchev–Trinajstić information content (AvgIpc) is 2.84. The summed E-state index contributed by atoms with van der Waals surface area (Å²) in [6.45, 7) is 7.44. The number of nitrogens with one attached hydrogen (secondary N) is 1. The molecule has 0 radical (unpaired) electrons. The molecule has 0 aliphatic carbocycles. The predicted molar refractivity (Wildman–Crippen MR) is 103 cm³/mol. The number of aromatic nitrogens is 4. The van der Waals surface area contributed by atoms with Crippen LogP contribution in [0.2, 0.25) is 0 Å². The van der Waals surface area contributed by atoms with Crippen LogP contribution in [0.15, 0.2) is 21.2 Å². The molecule has 0 spiro atoms. The molecule has 1 saturated heterocycles. The topological polar surface area (TPSA) is 103 Å². The van der Waals surface area contributed by atoms with Gasteiger partial charge < -0.3 is 20.5 Å². The Hall–Kier alpha value is -2.39. The summed E-state index contributed by atoms with van der Waals surface area (Å²) >= 11 is 0. The first kappa shape index (κ1) is 18.4. The zero-order valence-electron chi connectivity index (χ0n) is 15.8. The van der Waals surface area contributed by atoms with Gasteiger partial charge in [-0.1, -0.05) is 11.6 Å². The van der Waals surface area contributed by atoms with E-state index in [4.69, 9.17) is 5.73 Å². The third kappa shape index (κ3) is 3.19. The van der Waals surface area contributed by atoms with Gasteiger partial charge in [-0.25, -0.2) is 4.79 Å². The van der Waals surface area contributed by atoms with Gasteiger partial charge >= 0.3 is 5.69 Å². The van der Waals surface area contributed by atoms with E-state index >= 15 is 0 Å². The lowest BCUT2D eigenvalue weighted by Gasteiger charge is -2.23. The molecule has 0 saturated carbocycles. The van der Waals surface area contributed by atoms with E-state index in [0.717, 1.165) is 29.8 Å². The van der Waals surface area contributed by atoms with Crippen LogP contribution in [0.4, 0.5) is 5.95 Å². The average molecular weight is 361 g/mol. The van der Waals surface area contributed by atoms with E-state index in [1.54, 1.807) is 7.05 Å². The molecule has 9 heteroatoms. The maximum absolute atomic E-state index is 12.8. The molecule has 3 N–H and O–H groups in total. The maximum atomic E-state index is 12.8. The molecule has 142 valence electrons. The first-order valence-electron chi connectivity index (χ1n) is 8.82. The zero-order chi connectivity index (χ0) is 19.0. The molecule has 1 atom stereocenters. The summed E-state index contributed by atoms with van der Waals surface area (Å²) in [5.41, 5.74) is 7.44. The molecule has 0 amide bonds. The van der Waals surface area contributed by atoms with E-state index in [1.807, 2.05) is 24.5 Å². The van der Waals surface area contributed by atoms with Crippen LogP contribution in [0.5, 0.6) is 0 Å². The number of allylic oxidation sites excluding steroid dienone is 2. The summed E-state index contributed by atoms with van der Waals surface area (Å²) in [6.07, 6.45) is 2.05. The van der Waals surface area contributed by atoms with Crippen LogP contribution in [-0.4, -0.2) is 50.9 Å². The van der Waals surface area contributed by atoms with E-state index in [9.17, 15) is 9.59 Å². The van der Waals surface area contributed by atoms with Crippen molar-refractivity contribution < 1.29 is 0 Å². The first-order valence-corrected chi connectivity index (χ1v) is 8.82. The summed E-state index contributed by atoms with van der Waals surface area (Å²) < 4.78 is 4.44. The molecule has 3 heterocycles. The summed E-state index contributed by atoms with van der Waals surface area (Å²) in [5, 5.41) is 3.30. The van der Waals surface area contributed by atoms with Crippen molar-refractivity contribution in [2.24, 2.45) is 19.8 Å². The molecule has 1 fully saturated rings. The van der Waals surface area contributed by atoms with Crippen molar-refractivity contribution in [3.63, 3.8) is 0 Å². The number of rotatable bonds is 3. The van der Waals surface area contributed by atoms with Gasteiger partial charge in [0.25, 0.3) is 5.56 Å². The van der Waals surface area contributed by atoms with Crippen LogP contribution in [0.3, 0.4) is 0 Å². The Kier molecular flexibility index (Phi) is 5.01. The molecule has 0 bridgehead atoms. The monoisotopic (exact) mass is 361 g/mol. The smallest absolute Gasteiger partial charge is 0.332 e. The summed E-state index contributed by atoms with van der Waals surface area (Å²) in [7, 11) is 3.13. The number of nitrogens with two attached hydrogens (primary N) is 1. The van der Waals surface area contributed by atoms with Crippen molar-refractivity contribution >= 4 is 17.1 Å². The normalized spacial score (nSPS) is 18.2. The third-order valence-electron chi connectivity index (χ3n) is 4.71. The van der Waals surface area contributed by atoms with E-state index in [1.165, 1.54) is 11.6 Å². The minimum Gasteiger partial charge on any atom is -0.339 e. The molecular formula is C17H27N7O2. The van der Waals surface area contributed by atoms with E-state index < -0.39 is 0 Å². The Morgan fingerprint density at radius 2 is 2.04 bits per heavy atom. The molecule has 1 unspecified atom stereocenters. The molecule has 2 aromatic rings. The fourth-order valence-electron chi connectivity index (χ4n) is 3.25. The standard InChI is InChI=1S/C17H27N7O2/c1-11(2)5-7-24-13-14(21(3)17(26)22(4)15(13)25)20-16(24)23-8-6-19-9-12(18)10-23/h5,12,19H,6-10,18H2,1-4H3. The Labute approximate surface area is 151 Å². The molecule has 2 aromatic heterocycles. The van der Waals surface area contributed by atoms with Crippen LogP contribution in [0.25, 0.3) is 11.2 Å². The summed E-state index contributed by atoms with van der Waals surface area (Å²) in [5.74, 6) is 0.676. The van der Waals surface area contributed by atoms with Gasteiger partial charge in [-0.15, -0.1) is 0 Å². The second kappa shape index (κ2) is 7.08. The number of anilines is 1. The molecule has 3 rings (SSSR count). The number of imidazole rings is 1. The molecular weight excluding hydrogens is 334 g/mol. The highest BCUT2D eigenvalue weighted by molar-refractivity contribution is 5.74.